The minimum atomic E-state index is 0.0132. The quantitative estimate of drug-likeness (QED) is 0.747. The van der Waals surface area contributed by atoms with Gasteiger partial charge in [-0.05, 0) is 56.0 Å². The molecule has 3 aromatic rings. The summed E-state index contributed by atoms with van der Waals surface area (Å²) in [6.45, 7) is 1.39. The largest absolute Gasteiger partial charge is 0.309 e. The lowest BCUT2D eigenvalue weighted by Crippen LogP contribution is -2.21. The number of hydrogen-bond acceptors (Lipinski definition) is 4. The number of nitrogens with one attached hydrogen (secondary N) is 1. The maximum Gasteiger partial charge on any atom is 0.259 e. The van der Waals surface area contributed by atoms with E-state index in [2.05, 4.69) is 9.88 Å². The van der Waals surface area contributed by atoms with Crippen molar-refractivity contribution in [1.82, 2.24) is 14.9 Å². The van der Waals surface area contributed by atoms with E-state index in [9.17, 15) is 4.79 Å². The molecular formula is C19H20ClN3OS. The van der Waals surface area contributed by atoms with Crippen LogP contribution < -0.4 is 5.56 Å². The van der Waals surface area contributed by atoms with Crippen LogP contribution in [0.15, 0.2) is 29.1 Å². The van der Waals surface area contributed by atoms with Crippen LogP contribution in [0.3, 0.4) is 0 Å². The summed E-state index contributed by atoms with van der Waals surface area (Å²) in [6.07, 6.45) is 4.48. The Bertz CT molecular complexity index is 961. The maximum atomic E-state index is 12.6. The molecule has 0 bridgehead atoms. The molecule has 0 unspecified atom stereocenters. The number of halogens is 1. The van der Waals surface area contributed by atoms with Gasteiger partial charge in [0.05, 0.1) is 11.9 Å². The topological polar surface area (TPSA) is 49.0 Å². The number of aromatic nitrogens is 2. The van der Waals surface area contributed by atoms with E-state index in [0.29, 0.717) is 6.54 Å². The molecule has 25 heavy (non-hydrogen) atoms. The summed E-state index contributed by atoms with van der Waals surface area (Å²) in [6, 6.07) is 7.83. The Balaban J connectivity index is 1.57. The molecule has 1 aliphatic carbocycles. The Labute approximate surface area is 155 Å². The first kappa shape index (κ1) is 16.8. The highest BCUT2D eigenvalue weighted by atomic mass is 35.5. The monoisotopic (exact) mass is 373 g/mol. The van der Waals surface area contributed by atoms with Crippen LogP contribution in [0.25, 0.3) is 10.2 Å². The number of nitrogens with zero attached hydrogens (tertiary/aromatic N) is 2. The number of fused-ring (bicyclic) bond motifs is 3. The number of hydrogen-bond donors (Lipinski definition) is 1. The lowest BCUT2D eigenvalue weighted by molar-refractivity contribution is 0.311. The fourth-order valence-corrected chi connectivity index (χ4v) is 4.90. The van der Waals surface area contributed by atoms with Crippen molar-refractivity contribution in [2.45, 2.75) is 38.8 Å². The number of H-pyrrole nitrogens is 1. The van der Waals surface area contributed by atoms with Crippen LogP contribution in [-0.4, -0.2) is 21.9 Å². The van der Waals surface area contributed by atoms with E-state index in [4.69, 9.17) is 16.6 Å². The smallest absolute Gasteiger partial charge is 0.259 e. The van der Waals surface area contributed by atoms with Crippen LogP contribution in [0.1, 0.15) is 34.7 Å². The zero-order valence-corrected chi connectivity index (χ0v) is 15.7. The van der Waals surface area contributed by atoms with Crippen molar-refractivity contribution >= 4 is 33.2 Å². The van der Waals surface area contributed by atoms with Crippen LogP contribution in [0, 0.1) is 0 Å². The fourth-order valence-electron chi connectivity index (χ4n) is 3.50. The standard InChI is InChI=1S/C19H20ClN3OS/c1-23(10-12-6-8-13(20)9-7-12)11-16-21-18(24)17-14-4-2-3-5-15(14)25-19(17)22-16/h6-9H,2-5,10-11H2,1H3,(H,21,22,24). The van der Waals surface area contributed by atoms with Crippen molar-refractivity contribution in [1.29, 1.82) is 0 Å². The van der Waals surface area contributed by atoms with Crippen molar-refractivity contribution in [3.05, 3.63) is 61.5 Å². The Morgan fingerprint density at radius 3 is 2.76 bits per heavy atom. The Morgan fingerprint density at radius 1 is 1.20 bits per heavy atom. The zero-order chi connectivity index (χ0) is 17.4. The molecule has 1 N–H and O–H groups in total. The molecule has 2 heterocycles. The molecular weight excluding hydrogens is 354 g/mol. The molecule has 0 atom stereocenters. The lowest BCUT2D eigenvalue weighted by Gasteiger charge is -2.16. The first-order valence-electron chi connectivity index (χ1n) is 8.56. The molecule has 0 fully saturated rings. The summed E-state index contributed by atoms with van der Waals surface area (Å²) in [4.78, 5) is 24.7. The molecule has 0 amide bonds. The van der Waals surface area contributed by atoms with Crippen molar-refractivity contribution in [2.75, 3.05) is 7.05 Å². The predicted molar refractivity (Wildman–Crippen MR) is 104 cm³/mol. The van der Waals surface area contributed by atoms with Gasteiger partial charge in [-0.15, -0.1) is 11.3 Å². The Morgan fingerprint density at radius 2 is 1.96 bits per heavy atom. The van der Waals surface area contributed by atoms with Gasteiger partial charge in [0.25, 0.3) is 5.56 Å². The Kier molecular flexibility index (Phi) is 4.63. The third-order valence-corrected chi connectivity index (χ3v) is 6.10. The van der Waals surface area contributed by atoms with Gasteiger partial charge in [-0.25, -0.2) is 4.98 Å². The van der Waals surface area contributed by atoms with Gasteiger partial charge in [0.15, 0.2) is 0 Å². The molecule has 4 rings (SSSR count). The molecule has 2 aromatic heterocycles. The summed E-state index contributed by atoms with van der Waals surface area (Å²) < 4.78 is 0. The predicted octanol–water partition coefficient (Wildman–Crippen LogP) is 4.15. The Hall–Kier alpha value is -1.69. The SMILES string of the molecule is CN(Cc1ccc(Cl)cc1)Cc1nc2sc3c(c2c(=O)[nH]1)CCCC3. The highest BCUT2D eigenvalue weighted by molar-refractivity contribution is 7.18. The van der Waals surface area contributed by atoms with Crippen molar-refractivity contribution < 1.29 is 0 Å². The average molecular weight is 374 g/mol. The van der Waals surface area contributed by atoms with E-state index in [0.717, 1.165) is 40.5 Å². The fraction of sp³-hybridized carbons (Fsp3) is 0.368. The molecule has 0 saturated heterocycles. The van der Waals surface area contributed by atoms with Crippen molar-refractivity contribution in [3.8, 4) is 0 Å². The average Bonchev–Trinajstić information content (AvgIpc) is 2.95. The molecule has 0 radical (unpaired) electrons. The van der Waals surface area contributed by atoms with Gasteiger partial charge >= 0.3 is 0 Å². The summed E-state index contributed by atoms with van der Waals surface area (Å²) in [5.74, 6) is 0.729. The van der Waals surface area contributed by atoms with Gasteiger partial charge in [0.2, 0.25) is 0 Å². The van der Waals surface area contributed by atoms with E-state index < -0.39 is 0 Å². The van der Waals surface area contributed by atoms with Crippen LogP contribution in [0.5, 0.6) is 0 Å². The highest BCUT2D eigenvalue weighted by Crippen LogP contribution is 2.33. The second-order valence-corrected chi connectivity index (χ2v) is 8.22. The number of thiophene rings is 1. The second kappa shape index (κ2) is 6.90. The van der Waals surface area contributed by atoms with Crippen molar-refractivity contribution in [3.63, 3.8) is 0 Å². The van der Waals surface area contributed by atoms with Crippen LogP contribution in [0.4, 0.5) is 0 Å². The molecule has 6 heteroatoms. The lowest BCUT2D eigenvalue weighted by atomic mass is 9.97. The minimum absolute atomic E-state index is 0.0132. The van der Waals surface area contributed by atoms with Crippen LogP contribution in [-0.2, 0) is 25.9 Å². The van der Waals surface area contributed by atoms with E-state index in [1.54, 1.807) is 11.3 Å². The summed E-state index contributed by atoms with van der Waals surface area (Å²) in [7, 11) is 2.03. The summed E-state index contributed by atoms with van der Waals surface area (Å²) in [5.41, 5.74) is 2.43. The normalized spacial score (nSPS) is 14.2. The number of aryl methyl sites for hydroxylation is 2. The van der Waals surface area contributed by atoms with Gasteiger partial charge in [0, 0.05) is 16.4 Å². The minimum Gasteiger partial charge on any atom is -0.309 e. The summed E-state index contributed by atoms with van der Waals surface area (Å²) in [5, 5.41) is 1.56. The third kappa shape index (κ3) is 3.50. The molecule has 0 spiro atoms. The molecule has 130 valence electrons. The highest BCUT2D eigenvalue weighted by Gasteiger charge is 2.19. The van der Waals surface area contributed by atoms with E-state index in [1.807, 2.05) is 31.3 Å². The van der Waals surface area contributed by atoms with Crippen LogP contribution >= 0.6 is 22.9 Å². The van der Waals surface area contributed by atoms with Gasteiger partial charge in [-0.2, -0.15) is 0 Å². The van der Waals surface area contributed by atoms with Gasteiger partial charge in [-0.1, -0.05) is 23.7 Å². The number of rotatable bonds is 4. The summed E-state index contributed by atoms with van der Waals surface area (Å²) >= 11 is 7.63. The van der Waals surface area contributed by atoms with Crippen LogP contribution in [0.2, 0.25) is 5.02 Å². The van der Waals surface area contributed by atoms with Gasteiger partial charge in [-0.3, -0.25) is 9.69 Å². The first-order valence-corrected chi connectivity index (χ1v) is 9.76. The zero-order valence-electron chi connectivity index (χ0n) is 14.1. The van der Waals surface area contributed by atoms with Gasteiger partial charge in [0.1, 0.15) is 10.7 Å². The molecule has 1 aromatic carbocycles. The van der Waals surface area contributed by atoms with Crippen molar-refractivity contribution in [2.24, 2.45) is 0 Å². The van der Waals surface area contributed by atoms with E-state index >= 15 is 0 Å². The maximum absolute atomic E-state index is 12.6. The third-order valence-electron chi connectivity index (χ3n) is 4.66. The number of aromatic amines is 1. The van der Waals surface area contributed by atoms with Gasteiger partial charge < -0.3 is 4.98 Å². The first-order chi connectivity index (χ1) is 12.1. The number of benzene rings is 1. The molecule has 0 aliphatic heterocycles. The molecule has 0 saturated carbocycles. The second-order valence-electron chi connectivity index (χ2n) is 6.70. The molecule has 4 nitrogen and oxygen atoms in total. The van der Waals surface area contributed by atoms with E-state index in [1.165, 1.54) is 28.8 Å². The van der Waals surface area contributed by atoms with E-state index in [-0.39, 0.29) is 5.56 Å². The molecule has 1 aliphatic rings.